The highest BCUT2D eigenvalue weighted by atomic mass is 19.4. The number of ether oxygens (including phenoxy) is 2. The number of benzene rings is 2. The first-order chi connectivity index (χ1) is 14.2. The summed E-state index contributed by atoms with van der Waals surface area (Å²) in [5, 5.41) is 4.80. The molecule has 0 saturated heterocycles. The Bertz CT molecular complexity index is 915. The first kappa shape index (κ1) is 22.7. The molecular formula is C20H19F3N2O5. The Morgan fingerprint density at radius 2 is 1.53 bits per heavy atom. The van der Waals surface area contributed by atoms with Crippen LogP contribution in [-0.4, -0.2) is 31.5 Å². The number of methoxy groups -OCH3 is 1. The SMILES string of the molecule is COc1cccc(NC(=O)COC(=O)CCC(=O)Nc2cccc(C(F)(F)F)c2)c1. The molecule has 0 aliphatic carbocycles. The predicted octanol–water partition coefficient (Wildman–Crippen LogP) is 3.61. The van der Waals surface area contributed by atoms with Crippen molar-refractivity contribution in [1.29, 1.82) is 0 Å². The Morgan fingerprint density at radius 1 is 0.900 bits per heavy atom. The third-order valence-electron chi connectivity index (χ3n) is 3.75. The number of rotatable bonds is 8. The van der Waals surface area contributed by atoms with Gasteiger partial charge in [-0.05, 0) is 30.3 Å². The summed E-state index contributed by atoms with van der Waals surface area (Å²) in [6.45, 7) is -0.550. The second-order valence-electron chi connectivity index (χ2n) is 6.07. The molecule has 7 nitrogen and oxygen atoms in total. The molecule has 160 valence electrons. The van der Waals surface area contributed by atoms with Crippen molar-refractivity contribution in [2.24, 2.45) is 0 Å². The molecule has 30 heavy (non-hydrogen) atoms. The van der Waals surface area contributed by atoms with Crippen LogP contribution in [0.4, 0.5) is 24.5 Å². The van der Waals surface area contributed by atoms with Gasteiger partial charge in [0.2, 0.25) is 5.91 Å². The molecule has 0 atom stereocenters. The number of anilines is 2. The molecule has 0 heterocycles. The first-order valence-corrected chi connectivity index (χ1v) is 8.74. The minimum Gasteiger partial charge on any atom is -0.497 e. The highest BCUT2D eigenvalue weighted by Crippen LogP contribution is 2.30. The van der Waals surface area contributed by atoms with Gasteiger partial charge < -0.3 is 20.1 Å². The van der Waals surface area contributed by atoms with E-state index >= 15 is 0 Å². The topological polar surface area (TPSA) is 93.7 Å². The molecular weight excluding hydrogens is 405 g/mol. The maximum absolute atomic E-state index is 12.7. The van der Waals surface area contributed by atoms with Gasteiger partial charge in [0, 0.05) is 23.9 Å². The molecule has 0 saturated carbocycles. The van der Waals surface area contributed by atoms with Crippen LogP contribution >= 0.6 is 0 Å². The van der Waals surface area contributed by atoms with Crippen molar-refractivity contribution >= 4 is 29.2 Å². The van der Waals surface area contributed by atoms with Gasteiger partial charge in [-0.1, -0.05) is 12.1 Å². The zero-order valence-corrected chi connectivity index (χ0v) is 15.9. The molecule has 2 N–H and O–H groups in total. The smallest absolute Gasteiger partial charge is 0.416 e. The molecule has 0 bridgehead atoms. The highest BCUT2D eigenvalue weighted by Gasteiger charge is 2.30. The molecule has 0 aliphatic heterocycles. The maximum atomic E-state index is 12.7. The van der Waals surface area contributed by atoms with E-state index in [0.29, 0.717) is 11.4 Å². The summed E-state index contributed by atoms with van der Waals surface area (Å²) in [5.41, 5.74) is -0.488. The van der Waals surface area contributed by atoms with Crippen LogP contribution in [0.2, 0.25) is 0 Å². The van der Waals surface area contributed by atoms with Gasteiger partial charge in [0.25, 0.3) is 5.91 Å². The van der Waals surface area contributed by atoms with Crippen molar-refractivity contribution in [3.05, 3.63) is 54.1 Å². The Labute approximate surface area is 170 Å². The Morgan fingerprint density at radius 3 is 2.20 bits per heavy atom. The molecule has 2 amide bonds. The zero-order valence-electron chi connectivity index (χ0n) is 15.9. The molecule has 0 radical (unpaired) electrons. The third kappa shape index (κ3) is 7.46. The van der Waals surface area contributed by atoms with E-state index in [1.165, 1.54) is 13.2 Å². The van der Waals surface area contributed by atoms with Crippen LogP contribution in [0.1, 0.15) is 18.4 Å². The summed E-state index contributed by atoms with van der Waals surface area (Å²) in [4.78, 5) is 35.3. The maximum Gasteiger partial charge on any atom is 0.416 e. The molecule has 0 fully saturated rings. The minimum atomic E-state index is -4.53. The van der Waals surface area contributed by atoms with Crippen molar-refractivity contribution in [2.45, 2.75) is 19.0 Å². The van der Waals surface area contributed by atoms with Gasteiger partial charge in [0.05, 0.1) is 19.1 Å². The average molecular weight is 424 g/mol. The third-order valence-corrected chi connectivity index (χ3v) is 3.75. The van der Waals surface area contributed by atoms with E-state index in [-0.39, 0.29) is 18.5 Å². The van der Waals surface area contributed by atoms with Crippen molar-refractivity contribution in [3.63, 3.8) is 0 Å². The van der Waals surface area contributed by atoms with Gasteiger partial charge in [-0.3, -0.25) is 14.4 Å². The summed E-state index contributed by atoms with van der Waals surface area (Å²) >= 11 is 0. The van der Waals surface area contributed by atoms with Crippen LogP contribution in [0.5, 0.6) is 5.75 Å². The second-order valence-corrected chi connectivity index (χ2v) is 6.07. The van der Waals surface area contributed by atoms with Crippen LogP contribution in [-0.2, 0) is 25.3 Å². The summed E-state index contributed by atoms with van der Waals surface area (Å²) in [5.74, 6) is -1.50. The monoisotopic (exact) mass is 424 g/mol. The van der Waals surface area contributed by atoms with Crippen LogP contribution < -0.4 is 15.4 Å². The van der Waals surface area contributed by atoms with Crippen LogP contribution in [0.15, 0.2) is 48.5 Å². The van der Waals surface area contributed by atoms with Crippen molar-refractivity contribution < 1.29 is 37.0 Å². The standard InChI is InChI=1S/C20H19F3N2O5/c1-29-16-7-3-6-15(11-16)25-18(27)12-30-19(28)9-8-17(26)24-14-5-2-4-13(10-14)20(21,22)23/h2-7,10-11H,8-9,12H2,1H3,(H,24,26)(H,25,27). The lowest BCUT2D eigenvalue weighted by Crippen LogP contribution is -2.21. The van der Waals surface area contributed by atoms with Crippen molar-refractivity contribution in [1.82, 2.24) is 0 Å². The number of amides is 2. The summed E-state index contributed by atoms with van der Waals surface area (Å²) in [6.07, 6.45) is -5.18. The van der Waals surface area contributed by atoms with E-state index < -0.39 is 36.1 Å². The number of carbonyl (C=O) groups is 3. The quantitative estimate of drug-likeness (QED) is 0.632. The number of nitrogens with one attached hydrogen (secondary N) is 2. The molecule has 0 aliphatic rings. The van der Waals surface area contributed by atoms with E-state index in [1.54, 1.807) is 24.3 Å². The second kappa shape index (κ2) is 10.3. The van der Waals surface area contributed by atoms with Crippen molar-refractivity contribution in [3.8, 4) is 5.75 Å². The molecule has 0 aromatic heterocycles. The highest BCUT2D eigenvalue weighted by molar-refractivity contribution is 5.94. The molecule has 2 aromatic rings. The van der Waals surface area contributed by atoms with E-state index in [9.17, 15) is 27.6 Å². The van der Waals surface area contributed by atoms with Crippen molar-refractivity contribution in [2.75, 3.05) is 24.4 Å². The molecule has 0 unspecified atom stereocenters. The average Bonchev–Trinajstić information content (AvgIpc) is 2.70. The number of hydrogen-bond acceptors (Lipinski definition) is 5. The lowest BCUT2D eigenvalue weighted by Gasteiger charge is -2.10. The number of halogens is 3. The van der Waals surface area contributed by atoms with Gasteiger partial charge in [0.15, 0.2) is 6.61 Å². The fourth-order valence-corrected chi connectivity index (χ4v) is 2.33. The largest absolute Gasteiger partial charge is 0.497 e. The molecule has 10 heteroatoms. The van der Waals surface area contributed by atoms with E-state index in [1.807, 2.05) is 0 Å². The number of esters is 1. The summed E-state index contributed by atoms with van der Waals surface area (Å²) < 4.78 is 47.8. The van der Waals surface area contributed by atoms with E-state index in [0.717, 1.165) is 18.2 Å². The van der Waals surface area contributed by atoms with Crippen LogP contribution in [0.3, 0.4) is 0 Å². The fraction of sp³-hybridized carbons (Fsp3) is 0.250. The number of carbonyl (C=O) groups excluding carboxylic acids is 3. The van der Waals surface area contributed by atoms with Gasteiger partial charge in [0.1, 0.15) is 5.75 Å². The minimum absolute atomic E-state index is 0.0409. The van der Waals surface area contributed by atoms with E-state index in [2.05, 4.69) is 10.6 Å². The van der Waals surface area contributed by atoms with Crippen LogP contribution in [0.25, 0.3) is 0 Å². The van der Waals surface area contributed by atoms with Crippen LogP contribution in [0, 0.1) is 0 Å². The molecule has 2 aromatic carbocycles. The Hall–Kier alpha value is -3.56. The number of alkyl halides is 3. The predicted molar refractivity (Wildman–Crippen MR) is 102 cm³/mol. The Balaban J connectivity index is 1.73. The van der Waals surface area contributed by atoms with Gasteiger partial charge in [-0.25, -0.2) is 0 Å². The van der Waals surface area contributed by atoms with Gasteiger partial charge >= 0.3 is 12.1 Å². The zero-order chi connectivity index (χ0) is 22.1. The lowest BCUT2D eigenvalue weighted by atomic mass is 10.2. The fourth-order valence-electron chi connectivity index (χ4n) is 2.33. The summed E-state index contributed by atoms with van der Waals surface area (Å²) in [6, 6.07) is 10.7. The Kier molecular flexibility index (Phi) is 7.79. The normalized spacial score (nSPS) is 10.8. The summed E-state index contributed by atoms with van der Waals surface area (Å²) in [7, 11) is 1.48. The lowest BCUT2D eigenvalue weighted by molar-refractivity contribution is -0.147. The van der Waals surface area contributed by atoms with Gasteiger partial charge in [-0.2, -0.15) is 13.2 Å². The van der Waals surface area contributed by atoms with E-state index in [4.69, 9.17) is 9.47 Å². The first-order valence-electron chi connectivity index (χ1n) is 8.74. The van der Waals surface area contributed by atoms with Gasteiger partial charge in [-0.15, -0.1) is 0 Å². The number of hydrogen-bond donors (Lipinski definition) is 2. The molecule has 0 spiro atoms. The molecule has 2 rings (SSSR count).